The molecular weight excluding hydrogens is 252 g/mol. The van der Waals surface area contributed by atoms with E-state index in [9.17, 15) is 9.59 Å². The van der Waals surface area contributed by atoms with Crippen LogP contribution in [0, 0.1) is 5.41 Å². The molecule has 1 aliphatic carbocycles. The molecular formula is C16H26N2O2. The zero-order valence-electron chi connectivity index (χ0n) is 12.3. The quantitative estimate of drug-likeness (QED) is 0.547. The van der Waals surface area contributed by atoms with Gasteiger partial charge in [0.25, 0.3) is 0 Å². The molecule has 112 valence electrons. The number of carbonyl (C=O) groups excluding carboxylic acids is 2. The van der Waals surface area contributed by atoms with Gasteiger partial charge in [0.1, 0.15) is 6.04 Å². The van der Waals surface area contributed by atoms with Crippen LogP contribution in [0.15, 0.2) is 12.7 Å². The number of allylic oxidation sites excluding steroid dienone is 1. The second-order valence-corrected chi connectivity index (χ2v) is 6.39. The Hall–Kier alpha value is -1.32. The van der Waals surface area contributed by atoms with Crippen molar-refractivity contribution in [3.63, 3.8) is 0 Å². The topological polar surface area (TPSA) is 63.4 Å². The average Bonchev–Trinajstić information content (AvgIpc) is 3.04. The fourth-order valence-corrected chi connectivity index (χ4v) is 3.17. The summed E-state index contributed by atoms with van der Waals surface area (Å²) >= 11 is 0. The molecule has 0 radical (unpaired) electrons. The van der Waals surface area contributed by atoms with Crippen molar-refractivity contribution < 1.29 is 9.59 Å². The second kappa shape index (κ2) is 6.42. The highest BCUT2D eigenvalue weighted by atomic mass is 16.2. The normalized spacial score (nSPS) is 23.0. The van der Waals surface area contributed by atoms with Crippen molar-refractivity contribution in [3.8, 4) is 0 Å². The fourth-order valence-electron chi connectivity index (χ4n) is 3.17. The molecule has 1 spiro atoms. The Morgan fingerprint density at radius 2 is 1.95 bits per heavy atom. The summed E-state index contributed by atoms with van der Waals surface area (Å²) in [5, 5.41) is 0. The van der Waals surface area contributed by atoms with Gasteiger partial charge in [-0.1, -0.05) is 18.9 Å². The van der Waals surface area contributed by atoms with Crippen molar-refractivity contribution in [3.05, 3.63) is 12.7 Å². The molecule has 1 heterocycles. The Bertz CT molecular complexity index is 388. The third kappa shape index (κ3) is 3.62. The van der Waals surface area contributed by atoms with E-state index >= 15 is 0 Å². The number of hydrogen-bond donors (Lipinski definition) is 1. The van der Waals surface area contributed by atoms with Crippen molar-refractivity contribution in [1.82, 2.24) is 4.90 Å². The van der Waals surface area contributed by atoms with E-state index in [1.165, 1.54) is 0 Å². The molecule has 2 aliphatic rings. The minimum Gasteiger partial charge on any atom is -0.368 e. The predicted molar refractivity (Wildman–Crippen MR) is 78.9 cm³/mol. The largest absolute Gasteiger partial charge is 0.368 e. The minimum atomic E-state index is -0.356. The van der Waals surface area contributed by atoms with Gasteiger partial charge in [0.15, 0.2) is 0 Å². The lowest BCUT2D eigenvalue weighted by Gasteiger charge is -2.22. The van der Waals surface area contributed by atoms with Crippen LogP contribution in [0.3, 0.4) is 0 Å². The molecule has 2 rings (SSSR count). The number of hydrogen-bond acceptors (Lipinski definition) is 2. The lowest BCUT2D eigenvalue weighted by molar-refractivity contribution is -0.137. The van der Waals surface area contributed by atoms with Gasteiger partial charge in [-0.25, -0.2) is 0 Å². The molecule has 1 saturated heterocycles. The molecule has 2 fully saturated rings. The van der Waals surface area contributed by atoms with E-state index < -0.39 is 0 Å². The van der Waals surface area contributed by atoms with Crippen LogP contribution >= 0.6 is 0 Å². The molecule has 0 bridgehead atoms. The van der Waals surface area contributed by atoms with E-state index in [0.29, 0.717) is 6.42 Å². The van der Waals surface area contributed by atoms with Crippen molar-refractivity contribution in [2.24, 2.45) is 11.1 Å². The van der Waals surface area contributed by atoms with Crippen LogP contribution in [-0.2, 0) is 9.59 Å². The van der Waals surface area contributed by atoms with Crippen molar-refractivity contribution >= 4 is 11.8 Å². The predicted octanol–water partition coefficient (Wildman–Crippen LogP) is 2.38. The summed E-state index contributed by atoms with van der Waals surface area (Å²) in [6.45, 7) is 4.44. The first-order valence-corrected chi connectivity index (χ1v) is 7.78. The molecule has 0 unspecified atom stereocenters. The lowest BCUT2D eigenvalue weighted by Crippen LogP contribution is -2.43. The van der Waals surface area contributed by atoms with Crippen LogP contribution in [-0.4, -0.2) is 29.3 Å². The maximum Gasteiger partial charge on any atom is 0.240 e. The number of unbranched alkanes of at least 4 members (excludes halogenated alkanes) is 4. The third-order valence-corrected chi connectivity index (χ3v) is 4.66. The molecule has 0 aromatic rings. The first kappa shape index (κ1) is 15.1. The van der Waals surface area contributed by atoms with Gasteiger partial charge in [0.2, 0.25) is 11.8 Å². The van der Waals surface area contributed by atoms with E-state index in [1.54, 1.807) is 4.90 Å². The Morgan fingerprint density at radius 1 is 1.25 bits per heavy atom. The summed E-state index contributed by atoms with van der Waals surface area (Å²) in [5.74, 6) is -0.227. The van der Waals surface area contributed by atoms with Crippen molar-refractivity contribution in [1.29, 1.82) is 0 Å². The summed E-state index contributed by atoms with van der Waals surface area (Å²) in [7, 11) is 0. The van der Waals surface area contributed by atoms with Crippen LogP contribution in [0.2, 0.25) is 0 Å². The van der Waals surface area contributed by atoms with Crippen LogP contribution in [0.4, 0.5) is 0 Å². The van der Waals surface area contributed by atoms with Gasteiger partial charge in [-0.2, -0.15) is 0 Å². The summed E-state index contributed by atoms with van der Waals surface area (Å²) in [4.78, 5) is 25.5. The number of nitrogens with two attached hydrogens (primary N) is 1. The lowest BCUT2D eigenvalue weighted by atomic mass is 10.0. The summed E-state index contributed by atoms with van der Waals surface area (Å²) in [6.07, 6.45) is 10.9. The summed E-state index contributed by atoms with van der Waals surface area (Å²) in [5.41, 5.74) is 5.68. The van der Waals surface area contributed by atoms with Gasteiger partial charge in [-0.3, -0.25) is 9.59 Å². The number of likely N-dealkylation sites (tertiary alicyclic amines) is 1. The number of nitrogens with zero attached hydrogens (tertiary/aromatic N) is 1. The molecule has 0 aromatic carbocycles. The van der Waals surface area contributed by atoms with E-state index in [1.807, 2.05) is 6.08 Å². The summed E-state index contributed by atoms with van der Waals surface area (Å²) in [6, 6.07) is -0.356. The first-order valence-electron chi connectivity index (χ1n) is 7.78. The Kier molecular flexibility index (Phi) is 4.84. The number of rotatable bonds is 8. The van der Waals surface area contributed by atoms with E-state index in [0.717, 1.165) is 57.9 Å². The highest BCUT2D eigenvalue weighted by Gasteiger charge is 2.54. The molecule has 20 heavy (non-hydrogen) atoms. The van der Waals surface area contributed by atoms with Gasteiger partial charge in [0.05, 0.1) is 0 Å². The van der Waals surface area contributed by atoms with Crippen LogP contribution in [0.1, 0.15) is 57.8 Å². The fraction of sp³-hybridized carbons (Fsp3) is 0.750. The Balaban J connectivity index is 1.73. The molecule has 0 aromatic heterocycles. The number of amides is 2. The van der Waals surface area contributed by atoms with Crippen molar-refractivity contribution in [2.45, 2.75) is 63.8 Å². The van der Waals surface area contributed by atoms with Gasteiger partial charge in [-0.15, -0.1) is 6.58 Å². The SMILES string of the molecule is C=CCCCCCCC(=O)N1CC2(CC2)C[C@H]1C(N)=O. The molecule has 4 nitrogen and oxygen atoms in total. The van der Waals surface area contributed by atoms with Crippen molar-refractivity contribution in [2.75, 3.05) is 6.54 Å². The maximum atomic E-state index is 12.3. The number of carbonyl (C=O) groups is 2. The molecule has 1 atom stereocenters. The zero-order chi connectivity index (χ0) is 14.6. The summed E-state index contributed by atoms with van der Waals surface area (Å²) < 4.78 is 0. The van der Waals surface area contributed by atoms with E-state index in [-0.39, 0.29) is 23.3 Å². The Morgan fingerprint density at radius 3 is 2.55 bits per heavy atom. The molecule has 2 N–H and O–H groups in total. The van der Waals surface area contributed by atoms with E-state index in [4.69, 9.17) is 5.73 Å². The minimum absolute atomic E-state index is 0.112. The molecule has 4 heteroatoms. The van der Waals surface area contributed by atoms with Gasteiger partial charge >= 0.3 is 0 Å². The average molecular weight is 278 g/mol. The maximum absolute atomic E-state index is 12.3. The van der Waals surface area contributed by atoms with Gasteiger partial charge in [0, 0.05) is 13.0 Å². The zero-order valence-corrected chi connectivity index (χ0v) is 12.3. The number of primary amides is 1. The smallest absolute Gasteiger partial charge is 0.240 e. The second-order valence-electron chi connectivity index (χ2n) is 6.39. The molecule has 2 amide bonds. The van der Waals surface area contributed by atoms with Crippen LogP contribution < -0.4 is 5.73 Å². The van der Waals surface area contributed by atoms with Gasteiger partial charge < -0.3 is 10.6 Å². The Labute approximate surface area is 121 Å². The van der Waals surface area contributed by atoms with Crippen LogP contribution in [0.25, 0.3) is 0 Å². The highest BCUT2D eigenvalue weighted by molar-refractivity contribution is 5.87. The van der Waals surface area contributed by atoms with Gasteiger partial charge in [-0.05, 0) is 43.9 Å². The van der Waals surface area contributed by atoms with E-state index in [2.05, 4.69) is 6.58 Å². The third-order valence-electron chi connectivity index (χ3n) is 4.66. The molecule has 1 saturated carbocycles. The highest BCUT2D eigenvalue weighted by Crippen LogP contribution is 2.54. The monoisotopic (exact) mass is 278 g/mol. The standard InChI is InChI=1S/C16H26N2O2/c1-2-3-4-5-6-7-8-14(19)18-12-16(9-10-16)11-13(18)15(17)20/h2,13H,1,3-12H2,(H2,17,20)/t13-/m0/s1. The first-order chi connectivity index (χ1) is 9.58. The van der Waals surface area contributed by atoms with Crippen LogP contribution in [0.5, 0.6) is 0 Å². The molecule has 1 aliphatic heterocycles.